The van der Waals surface area contributed by atoms with Gasteiger partial charge in [-0.15, -0.1) is 0 Å². The van der Waals surface area contributed by atoms with Crippen molar-refractivity contribution in [3.05, 3.63) is 60.2 Å². The molecule has 1 atom stereocenters. The highest BCUT2D eigenvalue weighted by Crippen LogP contribution is 2.26. The van der Waals surface area contributed by atoms with E-state index < -0.39 is 6.04 Å². The molecule has 1 amide bonds. The molecule has 2 aromatic carbocycles. The van der Waals surface area contributed by atoms with Gasteiger partial charge in [0, 0.05) is 43.0 Å². The van der Waals surface area contributed by atoms with E-state index in [1.807, 2.05) is 25.1 Å². The lowest BCUT2D eigenvalue weighted by molar-refractivity contribution is 0.0944. The van der Waals surface area contributed by atoms with Crippen LogP contribution in [0.3, 0.4) is 0 Å². The molecule has 7 nitrogen and oxygen atoms in total. The predicted molar refractivity (Wildman–Crippen MR) is 126 cm³/mol. The van der Waals surface area contributed by atoms with Crippen LogP contribution in [0.2, 0.25) is 0 Å². The van der Waals surface area contributed by atoms with Crippen molar-refractivity contribution in [3.63, 3.8) is 0 Å². The minimum absolute atomic E-state index is 0.254. The Bertz CT molecular complexity index is 1110. The molecule has 2 heterocycles. The van der Waals surface area contributed by atoms with E-state index in [9.17, 15) is 4.79 Å². The molecule has 1 unspecified atom stereocenters. The minimum atomic E-state index is -0.489. The fourth-order valence-electron chi connectivity index (χ4n) is 3.82. The SMILES string of the molecule is CCC(C#N)NC(=O)c1cccc(-c2cc(-c3ccc(N4CCN(C)CC4)cc3)[nH]n2)c1. The van der Waals surface area contributed by atoms with Gasteiger partial charge in [0.1, 0.15) is 6.04 Å². The van der Waals surface area contributed by atoms with E-state index in [1.165, 1.54) is 5.69 Å². The molecule has 7 heteroatoms. The van der Waals surface area contributed by atoms with Gasteiger partial charge >= 0.3 is 0 Å². The molecule has 0 saturated carbocycles. The number of nitrogens with zero attached hydrogens (tertiary/aromatic N) is 4. The van der Waals surface area contributed by atoms with E-state index in [-0.39, 0.29) is 5.91 Å². The van der Waals surface area contributed by atoms with E-state index in [0.29, 0.717) is 12.0 Å². The number of nitrogens with one attached hydrogen (secondary N) is 2. The van der Waals surface area contributed by atoms with Crippen LogP contribution < -0.4 is 10.2 Å². The van der Waals surface area contributed by atoms with Gasteiger partial charge < -0.3 is 15.1 Å². The van der Waals surface area contributed by atoms with E-state index in [1.54, 1.807) is 12.1 Å². The second-order valence-corrected chi connectivity index (χ2v) is 8.15. The number of rotatable bonds is 6. The third-order valence-corrected chi connectivity index (χ3v) is 5.91. The van der Waals surface area contributed by atoms with Gasteiger partial charge in [0.2, 0.25) is 0 Å². The zero-order chi connectivity index (χ0) is 22.5. The van der Waals surface area contributed by atoms with Crippen LogP contribution in [0.1, 0.15) is 23.7 Å². The van der Waals surface area contributed by atoms with E-state index >= 15 is 0 Å². The predicted octanol–water partition coefficient (Wildman–Crippen LogP) is 3.53. The van der Waals surface area contributed by atoms with Gasteiger partial charge in [-0.3, -0.25) is 9.89 Å². The van der Waals surface area contributed by atoms with Gasteiger partial charge in [-0.2, -0.15) is 10.4 Å². The number of H-pyrrole nitrogens is 1. The first-order valence-electron chi connectivity index (χ1n) is 11.0. The van der Waals surface area contributed by atoms with Crippen LogP contribution in [0.4, 0.5) is 5.69 Å². The fraction of sp³-hybridized carbons (Fsp3) is 0.320. The van der Waals surface area contributed by atoms with Crippen molar-refractivity contribution >= 4 is 11.6 Å². The Hall–Kier alpha value is -3.63. The first-order chi connectivity index (χ1) is 15.6. The molecule has 0 aliphatic carbocycles. The molecule has 164 valence electrons. The molecule has 1 saturated heterocycles. The van der Waals surface area contributed by atoms with Crippen molar-refractivity contribution in [1.82, 2.24) is 20.4 Å². The minimum Gasteiger partial charge on any atom is -0.369 e. The standard InChI is InChI=1S/C25H28N6O/c1-3-21(17-26)27-25(32)20-6-4-5-19(15-20)24-16-23(28-29-24)18-7-9-22(10-8-18)31-13-11-30(2)12-14-31/h4-10,15-16,21H,3,11-14H2,1-2H3,(H,27,32)(H,28,29). The third-order valence-electron chi connectivity index (χ3n) is 5.91. The number of anilines is 1. The molecule has 1 aromatic heterocycles. The van der Waals surface area contributed by atoms with Crippen LogP contribution in [0.25, 0.3) is 22.5 Å². The molecule has 0 spiro atoms. The van der Waals surface area contributed by atoms with Crippen molar-refractivity contribution in [3.8, 4) is 28.6 Å². The maximum absolute atomic E-state index is 12.5. The number of hydrogen-bond acceptors (Lipinski definition) is 5. The fourth-order valence-corrected chi connectivity index (χ4v) is 3.82. The summed E-state index contributed by atoms with van der Waals surface area (Å²) in [6.45, 7) is 6.12. The highest BCUT2D eigenvalue weighted by atomic mass is 16.1. The Labute approximate surface area is 188 Å². The lowest BCUT2D eigenvalue weighted by atomic mass is 10.1. The summed E-state index contributed by atoms with van der Waals surface area (Å²) in [7, 11) is 2.16. The Morgan fingerprint density at radius 2 is 1.88 bits per heavy atom. The Kier molecular flexibility index (Phi) is 6.52. The second-order valence-electron chi connectivity index (χ2n) is 8.15. The van der Waals surface area contributed by atoms with Gasteiger partial charge in [0.25, 0.3) is 5.91 Å². The zero-order valence-corrected chi connectivity index (χ0v) is 18.5. The summed E-state index contributed by atoms with van der Waals surface area (Å²) in [5.74, 6) is -0.254. The van der Waals surface area contributed by atoms with E-state index in [0.717, 1.165) is 48.7 Å². The van der Waals surface area contributed by atoms with Crippen molar-refractivity contribution in [2.75, 3.05) is 38.1 Å². The summed E-state index contributed by atoms with van der Waals surface area (Å²) in [4.78, 5) is 17.2. The molecule has 1 aliphatic heterocycles. The molecule has 2 N–H and O–H groups in total. The first kappa shape index (κ1) is 21.6. The summed E-state index contributed by atoms with van der Waals surface area (Å²) < 4.78 is 0. The molecule has 3 aromatic rings. The molecule has 1 fully saturated rings. The lowest BCUT2D eigenvalue weighted by Crippen LogP contribution is -2.44. The number of benzene rings is 2. The number of aromatic nitrogens is 2. The normalized spacial score (nSPS) is 15.2. The van der Waals surface area contributed by atoms with Crippen LogP contribution in [0.5, 0.6) is 0 Å². The molecule has 0 radical (unpaired) electrons. The Morgan fingerprint density at radius 1 is 1.12 bits per heavy atom. The second kappa shape index (κ2) is 9.67. The number of nitriles is 1. The maximum Gasteiger partial charge on any atom is 0.252 e. The van der Waals surface area contributed by atoms with Crippen LogP contribution in [0, 0.1) is 11.3 Å². The number of aromatic amines is 1. The molecular weight excluding hydrogens is 400 g/mol. The van der Waals surface area contributed by atoms with Gasteiger partial charge in [-0.25, -0.2) is 0 Å². The molecule has 32 heavy (non-hydrogen) atoms. The number of amides is 1. The van der Waals surface area contributed by atoms with Gasteiger partial charge in [0.15, 0.2) is 0 Å². The van der Waals surface area contributed by atoms with Crippen LogP contribution in [-0.2, 0) is 0 Å². The number of likely N-dealkylation sites (N-methyl/N-ethyl adjacent to an activating group) is 1. The summed E-state index contributed by atoms with van der Waals surface area (Å²) in [6.07, 6.45) is 0.568. The summed E-state index contributed by atoms with van der Waals surface area (Å²) in [6, 6.07) is 19.4. The average Bonchev–Trinajstić information content (AvgIpc) is 3.33. The summed E-state index contributed by atoms with van der Waals surface area (Å²) in [5.41, 5.74) is 5.36. The highest BCUT2D eigenvalue weighted by Gasteiger charge is 2.15. The van der Waals surface area contributed by atoms with Gasteiger partial charge in [-0.1, -0.05) is 31.2 Å². The quantitative estimate of drug-likeness (QED) is 0.627. The van der Waals surface area contributed by atoms with Crippen molar-refractivity contribution in [2.45, 2.75) is 19.4 Å². The number of hydrogen-bond donors (Lipinski definition) is 2. The van der Waals surface area contributed by atoms with Crippen molar-refractivity contribution in [1.29, 1.82) is 5.26 Å². The Morgan fingerprint density at radius 3 is 2.56 bits per heavy atom. The largest absolute Gasteiger partial charge is 0.369 e. The monoisotopic (exact) mass is 428 g/mol. The average molecular weight is 429 g/mol. The van der Waals surface area contributed by atoms with Gasteiger partial charge in [-0.05, 0) is 49.4 Å². The van der Waals surface area contributed by atoms with Crippen molar-refractivity contribution < 1.29 is 4.79 Å². The van der Waals surface area contributed by atoms with Gasteiger partial charge in [0.05, 0.1) is 17.5 Å². The molecule has 1 aliphatic rings. The third kappa shape index (κ3) is 4.82. The number of carbonyl (C=O) groups is 1. The Balaban J connectivity index is 1.48. The summed E-state index contributed by atoms with van der Waals surface area (Å²) in [5, 5.41) is 19.4. The highest BCUT2D eigenvalue weighted by molar-refractivity contribution is 5.95. The summed E-state index contributed by atoms with van der Waals surface area (Å²) >= 11 is 0. The van der Waals surface area contributed by atoms with Crippen LogP contribution >= 0.6 is 0 Å². The molecule has 0 bridgehead atoms. The molecular formula is C25H28N6O. The molecule has 4 rings (SSSR count). The topological polar surface area (TPSA) is 88.0 Å². The lowest BCUT2D eigenvalue weighted by Gasteiger charge is -2.34. The van der Waals surface area contributed by atoms with E-state index in [4.69, 9.17) is 5.26 Å². The van der Waals surface area contributed by atoms with Crippen LogP contribution in [0.15, 0.2) is 54.6 Å². The number of carbonyl (C=O) groups excluding carboxylic acids is 1. The van der Waals surface area contributed by atoms with E-state index in [2.05, 4.69) is 62.7 Å². The zero-order valence-electron chi connectivity index (χ0n) is 18.5. The first-order valence-corrected chi connectivity index (χ1v) is 11.0. The maximum atomic E-state index is 12.5. The smallest absolute Gasteiger partial charge is 0.252 e. The number of piperazine rings is 1. The van der Waals surface area contributed by atoms with Crippen molar-refractivity contribution in [2.24, 2.45) is 0 Å². The van der Waals surface area contributed by atoms with Crippen LogP contribution in [-0.4, -0.2) is 60.3 Å².